The summed E-state index contributed by atoms with van der Waals surface area (Å²) < 4.78 is 0. The summed E-state index contributed by atoms with van der Waals surface area (Å²) >= 11 is 0. The number of carboxylic acid groups (broad SMARTS) is 1. The van der Waals surface area contributed by atoms with Crippen LogP contribution >= 0.6 is 0 Å². The molecule has 0 amide bonds. The van der Waals surface area contributed by atoms with E-state index < -0.39 is 5.97 Å². The van der Waals surface area contributed by atoms with Gasteiger partial charge < -0.3 is 10.4 Å². The smallest absolute Gasteiger partial charge is 0.336 e. The molecule has 0 bridgehead atoms. The monoisotopic (exact) mass is 245 g/mol. The number of aromatic carboxylic acids is 1. The van der Waals surface area contributed by atoms with Crippen LogP contribution in [0.25, 0.3) is 10.9 Å². The molecule has 0 saturated carbocycles. The van der Waals surface area contributed by atoms with Crippen molar-refractivity contribution in [2.45, 2.75) is 26.3 Å². The van der Waals surface area contributed by atoms with Gasteiger partial charge in [-0.2, -0.15) is 0 Å². The molecule has 0 aliphatic heterocycles. The van der Waals surface area contributed by atoms with Crippen LogP contribution in [0.2, 0.25) is 0 Å². The van der Waals surface area contributed by atoms with E-state index in [0.717, 1.165) is 6.42 Å². The number of nitrogens with zero attached hydrogens (tertiary/aromatic N) is 2. The maximum atomic E-state index is 11.1. The van der Waals surface area contributed by atoms with Crippen molar-refractivity contribution < 1.29 is 9.90 Å². The minimum absolute atomic E-state index is 0.225. The van der Waals surface area contributed by atoms with Gasteiger partial charge in [-0.25, -0.2) is 14.8 Å². The Kier molecular flexibility index (Phi) is 3.41. The number of hydrogen-bond acceptors (Lipinski definition) is 4. The average Bonchev–Trinajstić information content (AvgIpc) is 2.37. The van der Waals surface area contributed by atoms with Gasteiger partial charge in [0, 0.05) is 17.6 Å². The Morgan fingerprint density at radius 1 is 1.50 bits per heavy atom. The van der Waals surface area contributed by atoms with Crippen LogP contribution in [-0.4, -0.2) is 27.1 Å². The van der Waals surface area contributed by atoms with Crippen LogP contribution in [0.4, 0.5) is 5.95 Å². The molecule has 2 N–H and O–H groups in total. The number of carboxylic acids is 1. The third kappa shape index (κ3) is 2.40. The van der Waals surface area contributed by atoms with Crippen molar-refractivity contribution in [1.29, 1.82) is 0 Å². The molecule has 2 aromatic rings. The van der Waals surface area contributed by atoms with Crippen LogP contribution in [0.1, 0.15) is 30.6 Å². The summed E-state index contributed by atoms with van der Waals surface area (Å²) in [5.41, 5.74) is 0.860. The molecule has 0 fully saturated rings. The molecular formula is C13H15N3O2. The highest BCUT2D eigenvalue weighted by molar-refractivity contribution is 6.02. The van der Waals surface area contributed by atoms with Crippen LogP contribution in [-0.2, 0) is 0 Å². The van der Waals surface area contributed by atoms with Crippen LogP contribution in [0, 0.1) is 0 Å². The Balaban J connectivity index is 2.44. The lowest BCUT2D eigenvalue weighted by Crippen LogP contribution is -2.15. The SMILES string of the molecule is CCC(C)Nc1ncc2c(C(=O)O)cccc2n1. The van der Waals surface area contributed by atoms with Crippen molar-refractivity contribution in [3.8, 4) is 0 Å². The molecule has 18 heavy (non-hydrogen) atoms. The first kappa shape index (κ1) is 12.3. The van der Waals surface area contributed by atoms with Crippen LogP contribution in [0.3, 0.4) is 0 Å². The Hall–Kier alpha value is -2.17. The van der Waals surface area contributed by atoms with E-state index in [9.17, 15) is 4.79 Å². The van der Waals surface area contributed by atoms with Crippen LogP contribution in [0.5, 0.6) is 0 Å². The fourth-order valence-corrected chi connectivity index (χ4v) is 1.63. The van der Waals surface area contributed by atoms with Crippen molar-refractivity contribution in [1.82, 2.24) is 9.97 Å². The first-order valence-electron chi connectivity index (χ1n) is 5.87. The van der Waals surface area contributed by atoms with Crippen molar-refractivity contribution in [2.24, 2.45) is 0 Å². The predicted octanol–water partition coefficient (Wildman–Crippen LogP) is 2.54. The van der Waals surface area contributed by atoms with Gasteiger partial charge in [0.05, 0.1) is 11.1 Å². The zero-order valence-electron chi connectivity index (χ0n) is 10.3. The van der Waals surface area contributed by atoms with Crippen molar-refractivity contribution in [3.05, 3.63) is 30.0 Å². The second-order valence-corrected chi connectivity index (χ2v) is 4.19. The molecule has 0 saturated heterocycles. The highest BCUT2D eigenvalue weighted by Gasteiger charge is 2.10. The van der Waals surface area contributed by atoms with E-state index in [1.54, 1.807) is 24.4 Å². The largest absolute Gasteiger partial charge is 0.478 e. The summed E-state index contributed by atoms with van der Waals surface area (Å²) in [5, 5.41) is 12.8. The number of aromatic nitrogens is 2. The van der Waals surface area contributed by atoms with E-state index in [-0.39, 0.29) is 11.6 Å². The third-order valence-electron chi connectivity index (χ3n) is 2.84. The quantitative estimate of drug-likeness (QED) is 0.865. The zero-order valence-corrected chi connectivity index (χ0v) is 10.3. The average molecular weight is 245 g/mol. The van der Waals surface area contributed by atoms with Gasteiger partial charge in [-0.05, 0) is 25.5 Å². The topological polar surface area (TPSA) is 75.1 Å². The number of nitrogens with one attached hydrogen (secondary N) is 1. The Bertz CT molecular complexity index is 583. The van der Waals surface area contributed by atoms with E-state index in [1.807, 2.05) is 6.92 Å². The second-order valence-electron chi connectivity index (χ2n) is 4.19. The van der Waals surface area contributed by atoms with Gasteiger partial charge in [0.15, 0.2) is 0 Å². The van der Waals surface area contributed by atoms with E-state index in [4.69, 9.17) is 5.11 Å². The molecule has 1 atom stereocenters. The van der Waals surface area contributed by atoms with E-state index in [1.165, 1.54) is 0 Å². The van der Waals surface area contributed by atoms with Gasteiger partial charge in [-0.1, -0.05) is 13.0 Å². The van der Waals surface area contributed by atoms with Crippen LogP contribution < -0.4 is 5.32 Å². The summed E-state index contributed by atoms with van der Waals surface area (Å²) in [4.78, 5) is 19.5. The van der Waals surface area contributed by atoms with Gasteiger partial charge in [0.25, 0.3) is 0 Å². The summed E-state index contributed by atoms with van der Waals surface area (Å²) in [6.45, 7) is 4.11. The number of fused-ring (bicyclic) bond motifs is 1. The molecule has 1 aromatic heterocycles. The van der Waals surface area contributed by atoms with Gasteiger partial charge >= 0.3 is 5.97 Å². The van der Waals surface area contributed by atoms with Crippen molar-refractivity contribution >= 4 is 22.8 Å². The molecule has 5 heteroatoms. The summed E-state index contributed by atoms with van der Waals surface area (Å²) in [6.07, 6.45) is 2.52. The van der Waals surface area contributed by atoms with E-state index in [0.29, 0.717) is 16.9 Å². The Morgan fingerprint density at radius 3 is 2.94 bits per heavy atom. The van der Waals surface area contributed by atoms with Crippen LogP contribution in [0.15, 0.2) is 24.4 Å². The van der Waals surface area contributed by atoms with E-state index >= 15 is 0 Å². The van der Waals surface area contributed by atoms with Crippen molar-refractivity contribution in [3.63, 3.8) is 0 Å². The van der Waals surface area contributed by atoms with Gasteiger partial charge in [0.2, 0.25) is 5.95 Å². The fourth-order valence-electron chi connectivity index (χ4n) is 1.63. The molecular weight excluding hydrogens is 230 g/mol. The number of rotatable bonds is 4. The zero-order chi connectivity index (χ0) is 13.1. The molecule has 1 aromatic carbocycles. The first-order valence-corrected chi connectivity index (χ1v) is 5.87. The maximum absolute atomic E-state index is 11.1. The minimum Gasteiger partial charge on any atom is -0.478 e. The molecule has 2 rings (SSSR count). The summed E-state index contributed by atoms with van der Waals surface area (Å²) in [7, 11) is 0. The summed E-state index contributed by atoms with van der Waals surface area (Å²) in [5.74, 6) is -0.439. The molecule has 1 heterocycles. The number of carbonyl (C=O) groups is 1. The molecule has 5 nitrogen and oxygen atoms in total. The minimum atomic E-state index is -0.966. The molecule has 0 aliphatic rings. The second kappa shape index (κ2) is 5.00. The third-order valence-corrected chi connectivity index (χ3v) is 2.84. The molecule has 0 aliphatic carbocycles. The van der Waals surface area contributed by atoms with Gasteiger partial charge in [-0.15, -0.1) is 0 Å². The lowest BCUT2D eigenvalue weighted by atomic mass is 10.1. The van der Waals surface area contributed by atoms with Crippen molar-refractivity contribution in [2.75, 3.05) is 5.32 Å². The molecule has 1 unspecified atom stereocenters. The molecule has 94 valence electrons. The van der Waals surface area contributed by atoms with Gasteiger partial charge in [-0.3, -0.25) is 0 Å². The van der Waals surface area contributed by atoms with E-state index in [2.05, 4.69) is 22.2 Å². The number of anilines is 1. The highest BCUT2D eigenvalue weighted by atomic mass is 16.4. The standard InChI is InChI=1S/C13H15N3O2/c1-3-8(2)15-13-14-7-10-9(12(17)18)5-4-6-11(10)16-13/h4-8H,3H2,1-2H3,(H,17,18)(H,14,15,16). The fraction of sp³-hybridized carbons (Fsp3) is 0.308. The Morgan fingerprint density at radius 2 is 2.28 bits per heavy atom. The Labute approximate surface area is 105 Å². The number of benzene rings is 1. The first-order chi connectivity index (χ1) is 8.61. The highest BCUT2D eigenvalue weighted by Crippen LogP contribution is 2.18. The maximum Gasteiger partial charge on any atom is 0.336 e. The van der Waals surface area contributed by atoms with Gasteiger partial charge in [0.1, 0.15) is 0 Å². The number of hydrogen-bond donors (Lipinski definition) is 2. The lowest BCUT2D eigenvalue weighted by molar-refractivity contribution is 0.0699. The summed E-state index contributed by atoms with van der Waals surface area (Å²) in [6, 6.07) is 5.30. The molecule has 0 radical (unpaired) electrons. The molecule has 0 spiro atoms. The lowest BCUT2D eigenvalue weighted by Gasteiger charge is -2.11. The normalized spacial score (nSPS) is 12.3. The predicted molar refractivity (Wildman–Crippen MR) is 69.9 cm³/mol.